The van der Waals surface area contributed by atoms with Gasteiger partial charge < -0.3 is 9.47 Å². The van der Waals surface area contributed by atoms with Gasteiger partial charge in [0.25, 0.3) is 0 Å². The van der Waals surface area contributed by atoms with Crippen LogP contribution >= 0.6 is 0 Å². The van der Waals surface area contributed by atoms with Gasteiger partial charge in [-0.15, -0.1) is 0 Å². The summed E-state index contributed by atoms with van der Waals surface area (Å²) >= 11 is 0. The van der Waals surface area contributed by atoms with Crippen LogP contribution in [-0.2, 0) is 4.79 Å². The second-order valence-electron chi connectivity index (χ2n) is 9.69. The highest BCUT2D eigenvalue weighted by molar-refractivity contribution is 6.10. The molecule has 4 aromatic rings. The molecular formula is C35H28O5. The Balaban J connectivity index is 1.19. The Kier molecular flexibility index (Phi) is 7.83. The Bertz CT molecular complexity index is 1610. The molecule has 198 valence electrons. The number of aryl methyl sites for hydroxylation is 1. The first kappa shape index (κ1) is 26.6. The zero-order valence-corrected chi connectivity index (χ0v) is 22.3. The van der Waals surface area contributed by atoms with E-state index in [0.29, 0.717) is 52.4 Å². The molecule has 0 amide bonds. The van der Waals surface area contributed by atoms with E-state index in [1.807, 2.05) is 31.2 Å². The Labute approximate surface area is 233 Å². The quantitative estimate of drug-likeness (QED) is 0.205. The maximum absolute atomic E-state index is 13.0. The summed E-state index contributed by atoms with van der Waals surface area (Å²) in [4.78, 5) is 37.3. The zero-order chi connectivity index (χ0) is 28.1. The molecule has 0 aromatic heterocycles. The molecule has 0 atom stereocenters. The third-order valence-corrected chi connectivity index (χ3v) is 6.74. The fourth-order valence-electron chi connectivity index (χ4n) is 4.37. The van der Waals surface area contributed by atoms with E-state index < -0.39 is 0 Å². The van der Waals surface area contributed by atoms with E-state index in [9.17, 15) is 14.4 Å². The van der Waals surface area contributed by atoms with Crippen LogP contribution in [0.15, 0.2) is 120 Å². The fraction of sp³-hybridized carbons (Fsp3) is 0.114. The van der Waals surface area contributed by atoms with Crippen molar-refractivity contribution in [2.75, 3.05) is 0 Å². The van der Waals surface area contributed by atoms with Crippen LogP contribution in [0.3, 0.4) is 0 Å². The van der Waals surface area contributed by atoms with Crippen LogP contribution < -0.4 is 9.47 Å². The van der Waals surface area contributed by atoms with E-state index in [1.54, 1.807) is 91.9 Å². The molecule has 0 saturated carbocycles. The Morgan fingerprint density at radius 3 is 1.23 bits per heavy atom. The number of rotatable bonds is 9. The molecule has 5 nitrogen and oxygen atoms in total. The first-order chi connectivity index (χ1) is 19.4. The topological polar surface area (TPSA) is 69.7 Å². The largest absolute Gasteiger partial charge is 0.457 e. The highest BCUT2D eigenvalue weighted by Crippen LogP contribution is 2.27. The van der Waals surface area contributed by atoms with Crippen LogP contribution in [0.4, 0.5) is 0 Å². The van der Waals surface area contributed by atoms with E-state index in [2.05, 4.69) is 0 Å². The number of hydrogen-bond donors (Lipinski definition) is 0. The van der Waals surface area contributed by atoms with E-state index in [4.69, 9.17) is 9.47 Å². The van der Waals surface area contributed by atoms with Crippen LogP contribution in [0.2, 0.25) is 0 Å². The van der Waals surface area contributed by atoms with Gasteiger partial charge in [0.15, 0.2) is 17.3 Å². The van der Waals surface area contributed by atoms with Crippen LogP contribution in [0.5, 0.6) is 23.0 Å². The summed E-state index contributed by atoms with van der Waals surface area (Å²) in [6.07, 6.45) is 4.61. The molecule has 40 heavy (non-hydrogen) atoms. The highest BCUT2D eigenvalue weighted by Gasteiger charge is 2.17. The van der Waals surface area contributed by atoms with E-state index in [0.717, 1.165) is 16.9 Å². The summed E-state index contributed by atoms with van der Waals surface area (Å²) in [5, 5.41) is 0. The van der Waals surface area contributed by atoms with Crippen molar-refractivity contribution >= 4 is 17.3 Å². The molecule has 4 aromatic carbocycles. The molecule has 1 aliphatic carbocycles. The smallest absolute Gasteiger partial charge is 0.193 e. The lowest BCUT2D eigenvalue weighted by atomic mass is 9.91. The molecule has 0 aliphatic heterocycles. The van der Waals surface area contributed by atoms with Crippen LogP contribution in [-0.4, -0.2) is 17.3 Å². The van der Waals surface area contributed by atoms with Crippen LogP contribution in [0, 0.1) is 6.92 Å². The molecule has 0 heterocycles. The molecule has 5 heteroatoms. The van der Waals surface area contributed by atoms with Gasteiger partial charge in [-0.3, -0.25) is 14.4 Å². The standard InChI is InChI=1S/C35H28O5/c1-23-3-15-30(16-4-23)39-31-17-11-28(12-18-31)35(38)29-13-21-33(22-14-29)40-32-19-9-27(10-20-32)34(37)26-7-5-25(6-8-26)24(2)36/h3-5,7,9-22H,6,8H2,1-2H3. The summed E-state index contributed by atoms with van der Waals surface area (Å²) in [6.45, 7) is 3.56. The van der Waals surface area contributed by atoms with E-state index in [1.165, 1.54) is 0 Å². The van der Waals surface area contributed by atoms with Crippen molar-refractivity contribution in [3.63, 3.8) is 0 Å². The van der Waals surface area contributed by atoms with Crippen molar-refractivity contribution in [3.05, 3.63) is 143 Å². The molecule has 0 unspecified atom stereocenters. The minimum Gasteiger partial charge on any atom is -0.457 e. The summed E-state index contributed by atoms with van der Waals surface area (Å²) < 4.78 is 11.8. The van der Waals surface area contributed by atoms with Crippen molar-refractivity contribution in [2.45, 2.75) is 26.7 Å². The molecule has 0 bridgehead atoms. The van der Waals surface area contributed by atoms with Gasteiger partial charge in [-0.05, 0) is 117 Å². The summed E-state index contributed by atoms with van der Waals surface area (Å²) in [5.74, 6) is 2.45. The first-order valence-electron chi connectivity index (χ1n) is 13.1. The van der Waals surface area contributed by atoms with Gasteiger partial charge in [-0.2, -0.15) is 0 Å². The lowest BCUT2D eigenvalue weighted by Crippen LogP contribution is -2.08. The predicted octanol–water partition coefficient (Wildman–Crippen LogP) is 8.23. The second kappa shape index (κ2) is 11.8. The second-order valence-corrected chi connectivity index (χ2v) is 9.69. The molecule has 0 N–H and O–H groups in total. The van der Waals surface area contributed by atoms with E-state index >= 15 is 0 Å². The number of Topliss-reactive ketones (excluding diaryl/α,β-unsaturated/α-hetero) is 2. The normalized spacial score (nSPS) is 12.7. The zero-order valence-electron chi connectivity index (χ0n) is 22.3. The molecular weight excluding hydrogens is 500 g/mol. The van der Waals surface area contributed by atoms with E-state index in [-0.39, 0.29) is 17.3 Å². The maximum Gasteiger partial charge on any atom is 0.193 e. The lowest BCUT2D eigenvalue weighted by Gasteiger charge is -2.12. The molecule has 0 fully saturated rings. The average molecular weight is 529 g/mol. The van der Waals surface area contributed by atoms with Crippen molar-refractivity contribution in [1.29, 1.82) is 0 Å². The molecule has 0 spiro atoms. The SMILES string of the molecule is CC(=O)C1=CC=C(C(=O)c2ccc(Oc3ccc(C(=O)c4ccc(Oc5ccc(C)cc5)cc4)cc3)cc2)CC1. The number of ketones is 3. The molecule has 0 radical (unpaired) electrons. The van der Waals surface area contributed by atoms with Crippen molar-refractivity contribution < 1.29 is 23.9 Å². The van der Waals surface area contributed by atoms with Gasteiger partial charge in [0.1, 0.15) is 23.0 Å². The van der Waals surface area contributed by atoms with Gasteiger partial charge in [-0.1, -0.05) is 29.8 Å². The monoisotopic (exact) mass is 528 g/mol. The summed E-state index contributed by atoms with van der Waals surface area (Å²) in [5.41, 5.74) is 4.26. The lowest BCUT2D eigenvalue weighted by molar-refractivity contribution is -0.113. The summed E-state index contributed by atoms with van der Waals surface area (Å²) in [6, 6.07) is 28.7. The van der Waals surface area contributed by atoms with Crippen molar-refractivity contribution in [1.82, 2.24) is 0 Å². The van der Waals surface area contributed by atoms with Crippen molar-refractivity contribution in [3.8, 4) is 23.0 Å². The average Bonchev–Trinajstić information content (AvgIpc) is 2.99. The number of hydrogen-bond acceptors (Lipinski definition) is 5. The number of ether oxygens (including phenoxy) is 2. The van der Waals surface area contributed by atoms with Crippen LogP contribution in [0.25, 0.3) is 0 Å². The Morgan fingerprint density at radius 1 is 0.500 bits per heavy atom. The third-order valence-electron chi connectivity index (χ3n) is 6.74. The van der Waals surface area contributed by atoms with Gasteiger partial charge in [0.2, 0.25) is 0 Å². The van der Waals surface area contributed by atoms with Gasteiger partial charge in [-0.25, -0.2) is 0 Å². The number of carbonyl (C=O) groups is 3. The van der Waals surface area contributed by atoms with Gasteiger partial charge in [0, 0.05) is 22.3 Å². The minimum absolute atomic E-state index is 0.0416. The summed E-state index contributed by atoms with van der Waals surface area (Å²) in [7, 11) is 0. The first-order valence-corrected chi connectivity index (χ1v) is 13.1. The molecule has 1 aliphatic rings. The van der Waals surface area contributed by atoms with Gasteiger partial charge >= 0.3 is 0 Å². The maximum atomic E-state index is 13.0. The Hall–Kier alpha value is -5.03. The van der Waals surface area contributed by atoms with Crippen molar-refractivity contribution in [2.24, 2.45) is 0 Å². The van der Waals surface area contributed by atoms with Crippen LogP contribution in [0.1, 0.15) is 51.6 Å². The van der Waals surface area contributed by atoms with Gasteiger partial charge in [0.05, 0.1) is 0 Å². The minimum atomic E-state index is -0.0985. The Morgan fingerprint density at radius 2 is 0.850 bits per heavy atom. The number of allylic oxidation sites excluding steroid dienone is 4. The third kappa shape index (κ3) is 6.33. The molecule has 5 rings (SSSR count). The predicted molar refractivity (Wildman–Crippen MR) is 154 cm³/mol. The molecule has 0 saturated heterocycles. The number of carbonyl (C=O) groups excluding carboxylic acids is 3. The number of benzene rings is 4. The fourth-order valence-corrected chi connectivity index (χ4v) is 4.37. The highest BCUT2D eigenvalue weighted by atomic mass is 16.5.